The van der Waals surface area contributed by atoms with Gasteiger partial charge in [-0.15, -0.1) is 0 Å². The van der Waals surface area contributed by atoms with Gasteiger partial charge in [-0.25, -0.2) is 13.8 Å². The third-order valence-electron chi connectivity index (χ3n) is 6.98. The molecule has 3 aliphatic rings. The number of anilines is 2. The van der Waals surface area contributed by atoms with Crippen LogP contribution in [0.5, 0.6) is 0 Å². The molecule has 2 aliphatic carbocycles. The maximum Gasteiger partial charge on any atom is 0.249 e. The van der Waals surface area contributed by atoms with Crippen molar-refractivity contribution in [2.45, 2.75) is 61.2 Å². The smallest absolute Gasteiger partial charge is 0.249 e. The van der Waals surface area contributed by atoms with Gasteiger partial charge in [0.25, 0.3) is 0 Å². The van der Waals surface area contributed by atoms with E-state index in [4.69, 9.17) is 10.1 Å². The lowest BCUT2D eigenvalue weighted by Crippen LogP contribution is -2.28. The summed E-state index contributed by atoms with van der Waals surface area (Å²) in [6.07, 6.45) is 4.63. The summed E-state index contributed by atoms with van der Waals surface area (Å²) in [6, 6.07) is 9.92. The second kappa shape index (κ2) is 7.78. The van der Waals surface area contributed by atoms with E-state index < -0.39 is 5.92 Å². The van der Waals surface area contributed by atoms with Crippen LogP contribution in [0.2, 0.25) is 0 Å². The fourth-order valence-corrected chi connectivity index (χ4v) is 5.31. The molecule has 4 nitrogen and oxygen atoms in total. The van der Waals surface area contributed by atoms with Gasteiger partial charge in [-0.3, -0.25) is 5.14 Å². The number of alkyl halides is 2. The number of hydrogen-bond donors (Lipinski definition) is 2. The predicted molar refractivity (Wildman–Crippen MR) is 124 cm³/mol. The molecule has 0 amide bonds. The van der Waals surface area contributed by atoms with E-state index in [2.05, 4.69) is 18.0 Å². The van der Waals surface area contributed by atoms with Crippen LogP contribution in [0.25, 0.3) is 5.70 Å². The standard InChI is InChI=1S/C24H28F2N4S/c1-16-19-15-20-21(6-8-23(20)9-10-23)29-22(19)28-12-3-7-24(25,26)11-13-30(16)17-4-2-5-18(14-17)31-27/h2,4-5,14-15H,1,3,6-13,27H2,(H,28,29). The van der Waals surface area contributed by atoms with Gasteiger partial charge in [-0.1, -0.05) is 12.6 Å². The van der Waals surface area contributed by atoms with Crippen molar-refractivity contribution in [2.24, 2.45) is 5.14 Å². The summed E-state index contributed by atoms with van der Waals surface area (Å²) < 4.78 is 29.1. The Morgan fingerprint density at radius 1 is 1.13 bits per heavy atom. The largest absolute Gasteiger partial charge is 0.370 e. The summed E-state index contributed by atoms with van der Waals surface area (Å²) in [5.41, 5.74) is 5.23. The summed E-state index contributed by atoms with van der Waals surface area (Å²) in [5, 5.41) is 9.10. The van der Waals surface area contributed by atoms with E-state index in [-0.39, 0.29) is 24.8 Å². The van der Waals surface area contributed by atoms with Gasteiger partial charge in [-0.2, -0.15) is 0 Å². The van der Waals surface area contributed by atoms with Crippen LogP contribution in [0.4, 0.5) is 20.3 Å². The fraction of sp³-hybridized carbons (Fsp3) is 0.458. The van der Waals surface area contributed by atoms with Crippen LogP contribution in [0.15, 0.2) is 41.8 Å². The first-order valence-electron chi connectivity index (χ1n) is 11.0. The summed E-state index contributed by atoms with van der Waals surface area (Å²) in [6.45, 7) is 5.04. The van der Waals surface area contributed by atoms with Crippen molar-refractivity contribution in [1.29, 1.82) is 0 Å². The van der Waals surface area contributed by atoms with Gasteiger partial charge in [0.05, 0.1) is 0 Å². The number of rotatable bonds is 2. The quantitative estimate of drug-likeness (QED) is 0.582. The molecule has 0 radical (unpaired) electrons. The van der Waals surface area contributed by atoms with Gasteiger partial charge >= 0.3 is 0 Å². The molecule has 1 aromatic carbocycles. The van der Waals surface area contributed by atoms with Crippen molar-refractivity contribution >= 4 is 29.2 Å². The summed E-state index contributed by atoms with van der Waals surface area (Å²) in [5.74, 6) is -1.95. The monoisotopic (exact) mass is 442 g/mol. The molecule has 1 saturated carbocycles. The average molecular weight is 443 g/mol. The lowest BCUT2D eigenvalue weighted by molar-refractivity contribution is -0.0144. The van der Waals surface area contributed by atoms with Crippen LogP contribution in [-0.4, -0.2) is 24.0 Å². The molecule has 1 aromatic heterocycles. The minimum atomic E-state index is -2.72. The van der Waals surface area contributed by atoms with Gasteiger partial charge < -0.3 is 10.2 Å². The summed E-state index contributed by atoms with van der Waals surface area (Å²) >= 11 is 1.15. The van der Waals surface area contributed by atoms with E-state index >= 15 is 0 Å². The van der Waals surface area contributed by atoms with Crippen LogP contribution < -0.4 is 15.4 Å². The number of nitrogens with zero attached hydrogens (tertiary/aromatic N) is 2. The molecule has 2 aromatic rings. The van der Waals surface area contributed by atoms with Gasteiger partial charge in [0, 0.05) is 53.5 Å². The van der Waals surface area contributed by atoms with Crippen molar-refractivity contribution in [3.63, 3.8) is 0 Å². The molecule has 0 bridgehead atoms. The van der Waals surface area contributed by atoms with Crippen molar-refractivity contribution in [1.82, 2.24) is 4.98 Å². The Labute approximate surface area is 186 Å². The minimum Gasteiger partial charge on any atom is -0.370 e. The van der Waals surface area contributed by atoms with E-state index in [9.17, 15) is 8.78 Å². The highest BCUT2D eigenvalue weighted by atomic mass is 32.2. The normalized spacial score (nSPS) is 21.8. The fourth-order valence-electron chi connectivity index (χ4n) is 4.96. The first-order chi connectivity index (χ1) is 14.9. The van der Waals surface area contributed by atoms with Crippen LogP contribution in [0.3, 0.4) is 0 Å². The number of benzene rings is 1. The zero-order valence-electron chi connectivity index (χ0n) is 17.6. The molecule has 3 N–H and O–H groups in total. The minimum absolute atomic E-state index is 0.137. The molecule has 0 saturated heterocycles. The van der Waals surface area contributed by atoms with Gasteiger partial charge in [-0.05, 0) is 79.3 Å². The lowest BCUT2D eigenvalue weighted by Gasteiger charge is -2.30. The zero-order chi connectivity index (χ0) is 21.6. The van der Waals surface area contributed by atoms with Crippen molar-refractivity contribution in [3.05, 3.63) is 53.7 Å². The molecule has 7 heteroatoms. The first-order valence-corrected chi connectivity index (χ1v) is 11.9. The third-order valence-corrected chi connectivity index (χ3v) is 7.51. The Hall–Kier alpha value is -2.12. The Morgan fingerprint density at radius 2 is 1.97 bits per heavy atom. The molecule has 1 spiro atoms. The maximum absolute atomic E-state index is 14.6. The Kier molecular flexibility index (Phi) is 5.21. The van der Waals surface area contributed by atoms with E-state index in [1.165, 1.54) is 18.4 Å². The summed E-state index contributed by atoms with van der Waals surface area (Å²) in [7, 11) is 0. The van der Waals surface area contributed by atoms with Gasteiger partial charge in [0.1, 0.15) is 5.82 Å². The number of pyridine rings is 1. The lowest BCUT2D eigenvalue weighted by atomic mass is 9.97. The highest BCUT2D eigenvalue weighted by Crippen LogP contribution is 2.57. The third kappa shape index (κ3) is 3.94. The number of nitrogens with one attached hydrogen (secondary N) is 1. The molecule has 31 heavy (non-hydrogen) atoms. The van der Waals surface area contributed by atoms with E-state index in [0.29, 0.717) is 18.7 Å². The van der Waals surface area contributed by atoms with Crippen LogP contribution in [0, 0.1) is 0 Å². The highest BCUT2D eigenvalue weighted by Gasteiger charge is 2.49. The predicted octanol–water partition coefficient (Wildman–Crippen LogP) is 5.73. The Balaban J connectivity index is 1.59. The van der Waals surface area contributed by atoms with Crippen LogP contribution in [0.1, 0.15) is 55.3 Å². The highest BCUT2D eigenvalue weighted by molar-refractivity contribution is 7.97. The van der Waals surface area contributed by atoms with E-state index in [1.807, 2.05) is 29.2 Å². The van der Waals surface area contributed by atoms with Crippen molar-refractivity contribution < 1.29 is 8.78 Å². The second-order valence-corrected chi connectivity index (χ2v) is 9.72. The van der Waals surface area contributed by atoms with E-state index in [0.717, 1.165) is 52.4 Å². The summed E-state index contributed by atoms with van der Waals surface area (Å²) in [4.78, 5) is 7.76. The van der Waals surface area contributed by atoms with E-state index in [1.54, 1.807) is 0 Å². The average Bonchev–Trinajstić information content (AvgIpc) is 3.47. The van der Waals surface area contributed by atoms with Crippen LogP contribution in [-0.2, 0) is 11.8 Å². The SMILES string of the molecule is C=C1c2cc3c(nc2NCCCC(F)(F)CCN1c1cccc(SN)c1)CCC31CC1. The number of hydrogen-bond acceptors (Lipinski definition) is 5. The molecule has 164 valence electrons. The Morgan fingerprint density at radius 3 is 2.74 bits per heavy atom. The van der Waals surface area contributed by atoms with Crippen LogP contribution >= 0.6 is 11.9 Å². The molecule has 0 unspecified atom stereocenters. The molecule has 1 aliphatic heterocycles. The molecule has 5 rings (SSSR count). The van der Waals surface area contributed by atoms with Crippen molar-refractivity contribution in [2.75, 3.05) is 23.3 Å². The van der Waals surface area contributed by atoms with Gasteiger partial charge in [0.15, 0.2) is 0 Å². The van der Waals surface area contributed by atoms with Gasteiger partial charge in [0.2, 0.25) is 5.92 Å². The molecular weight excluding hydrogens is 414 g/mol. The number of nitrogens with two attached hydrogens (primary N) is 1. The number of aryl methyl sites for hydroxylation is 1. The maximum atomic E-state index is 14.6. The molecular formula is C24H28F2N4S. The molecule has 1 fully saturated rings. The molecule has 0 atom stereocenters. The van der Waals surface area contributed by atoms with Crippen molar-refractivity contribution in [3.8, 4) is 0 Å². The number of fused-ring (bicyclic) bond motifs is 3. The topological polar surface area (TPSA) is 54.2 Å². The zero-order valence-corrected chi connectivity index (χ0v) is 18.4. The molecule has 2 heterocycles. The number of aromatic nitrogens is 1. The number of halogens is 2. The second-order valence-electron chi connectivity index (χ2n) is 9.01. The Bertz CT molecular complexity index is 1020. The first kappa shape index (κ1) is 20.8.